The summed E-state index contributed by atoms with van der Waals surface area (Å²) in [5, 5.41) is 3.14. The van der Waals surface area contributed by atoms with Gasteiger partial charge in [-0.15, -0.1) is 11.6 Å². The van der Waals surface area contributed by atoms with Crippen molar-refractivity contribution in [1.82, 2.24) is 0 Å². The van der Waals surface area contributed by atoms with Crippen molar-refractivity contribution >= 4 is 17.3 Å². The smallest absolute Gasteiger partial charge is 0.123 e. The summed E-state index contributed by atoms with van der Waals surface area (Å²) in [4.78, 5) is 0. The molecule has 0 saturated heterocycles. The van der Waals surface area contributed by atoms with Crippen LogP contribution in [-0.4, -0.2) is 19.8 Å². The van der Waals surface area contributed by atoms with Gasteiger partial charge in [-0.05, 0) is 31.5 Å². The SMILES string of the molecule is CCOc1ccc(NCCCF)cc1CCl. The number of benzene rings is 1. The van der Waals surface area contributed by atoms with Gasteiger partial charge >= 0.3 is 0 Å². The molecule has 1 aromatic rings. The van der Waals surface area contributed by atoms with Gasteiger partial charge in [-0.3, -0.25) is 4.39 Å². The summed E-state index contributed by atoms with van der Waals surface area (Å²) in [6.07, 6.45) is 0.517. The summed E-state index contributed by atoms with van der Waals surface area (Å²) in [6, 6.07) is 5.74. The van der Waals surface area contributed by atoms with E-state index in [9.17, 15) is 4.39 Å². The molecule has 0 fully saturated rings. The van der Waals surface area contributed by atoms with Crippen molar-refractivity contribution < 1.29 is 9.13 Å². The van der Waals surface area contributed by atoms with E-state index in [4.69, 9.17) is 16.3 Å². The Balaban J connectivity index is 2.66. The topological polar surface area (TPSA) is 21.3 Å². The van der Waals surface area contributed by atoms with Gasteiger partial charge in [0.05, 0.1) is 19.2 Å². The van der Waals surface area contributed by atoms with Crippen molar-refractivity contribution in [2.75, 3.05) is 25.1 Å². The zero-order valence-electron chi connectivity index (χ0n) is 9.43. The summed E-state index contributed by atoms with van der Waals surface area (Å²) in [7, 11) is 0. The van der Waals surface area contributed by atoms with Crippen molar-refractivity contribution in [1.29, 1.82) is 0 Å². The number of anilines is 1. The average Bonchev–Trinajstić information content (AvgIpc) is 2.31. The second-order valence-electron chi connectivity index (χ2n) is 3.36. The average molecular weight is 246 g/mol. The highest BCUT2D eigenvalue weighted by atomic mass is 35.5. The van der Waals surface area contributed by atoms with Crippen LogP contribution >= 0.6 is 11.6 Å². The maximum absolute atomic E-state index is 11.9. The fourth-order valence-electron chi connectivity index (χ4n) is 1.39. The van der Waals surface area contributed by atoms with Gasteiger partial charge in [-0.1, -0.05) is 0 Å². The number of halogens is 2. The summed E-state index contributed by atoms with van der Waals surface area (Å²) in [6.45, 7) is 2.89. The van der Waals surface area contributed by atoms with Crippen LogP contribution in [0.1, 0.15) is 18.9 Å². The Morgan fingerprint density at radius 3 is 2.88 bits per heavy atom. The highest BCUT2D eigenvalue weighted by Crippen LogP contribution is 2.24. The first-order valence-electron chi connectivity index (χ1n) is 5.43. The van der Waals surface area contributed by atoms with Crippen molar-refractivity contribution in [3.8, 4) is 5.75 Å². The normalized spacial score (nSPS) is 10.2. The lowest BCUT2D eigenvalue weighted by Gasteiger charge is -2.11. The van der Waals surface area contributed by atoms with Gasteiger partial charge < -0.3 is 10.1 Å². The fourth-order valence-corrected chi connectivity index (χ4v) is 1.60. The van der Waals surface area contributed by atoms with E-state index >= 15 is 0 Å². The molecule has 0 unspecified atom stereocenters. The van der Waals surface area contributed by atoms with Crippen LogP contribution in [0.3, 0.4) is 0 Å². The molecule has 0 heterocycles. The third-order valence-corrected chi connectivity index (χ3v) is 2.43. The van der Waals surface area contributed by atoms with Gasteiger partial charge in [0, 0.05) is 17.8 Å². The molecule has 0 radical (unpaired) electrons. The lowest BCUT2D eigenvalue weighted by atomic mass is 10.2. The van der Waals surface area contributed by atoms with Gasteiger partial charge in [-0.25, -0.2) is 0 Å². The fraction of sp³-hybridized carbons (Fsp3) is 0.500. The highest BCUT2D eigenvalue weighted by Gasteiger charge is 2.03. The third-order valence-electron chi connectivity index (χ3n) is 2.14. The van der Waals surface area contributed by atoms with Crippen molar-refractivity contribution in [3.63, 3.8) is 0 Å². The number of nitrogens with one attached hydrogen (secondary N) is 1. The number of alkyl halides is 2. The van der Waals surface area contributed by atoms with E-state index in [0.717, 1.165) is 17.0 Å². The standard InChI is InChI=1S/C12H17ClFNO/c1-2-16-12-5-4-11(8-10(12)9-13)15-7-3-6-14/h4-5,8,15H,2-3,6-7,9H2,1H3. The molecule has 0 aliphatic carbocycles. The molecule has 0 aromatic heterocycles. The molecule has 90 valence electrons. The predicted molar refractivity (Wildman–Crippen MR) is 66.2 cm³/mol. The van der Waals surface area contributed by atoms with Crippen LogP contribution in [0.25, 0.3) is 0 Å². The van der Waals surface area contributed by atoms with E-state index in [1.54, 1.807) is 0 Å². The van der Waals surface area contributed by atoms with Gasteiger partial charge in [0.2, 0.25) is 0 Å². The lowest BCUT2D eigenvalue weighted by molar-refractivity contribution is 0.337. The van der Waals surface area contributed by atoms with Crippen LogP contribution in [0.15, 0.2) is 18.2 Å². The molecule has 0 spiro atoms. The van der Waals surface area contributed by atoms with Gasteiger partial charge in [0.15, 0.2) is 0 Å². The molecular weight excluding hydrogens is 229 g/mol. The van der Waals surface area contributed by atoms with Crippen molar-refractivity contribution in [3.05, 3.63) is 23.8 Å². The van der Waals surface area contributed by atoms with E-state index < -0.39 is 0 Å². The summed E-state index contributed by atoms with van der Waals surface area (Å²) < 4.78 is 17.4. The minimum Gasteiger partial charge on any atom is -0.494 e. The Labute approximate surface area is 101 Å². The molecule has 1 rings (SSSR count). The number of ether oxygens (including phenoxy) is 1. The molecule has 0 aliphatic rings. The van der Waals surface area contributed by atoms with E-state index in [-0.39, 0.29) is 6.67 Å². The minimum atomic E-state index is -0.299. The number of rotatable bonds is 7. The first-order chi connectivity index (χ1) is 7.81. The molecule has 4 heteroatoms. The zero-order chi connectivity index (χ0) is 11.8. The lowest BCUT2D eigenvalue weighted by Crippen LogP contribution is -2.03. The molecule has 0 bridgehead atoms. The van der Waals surface area contributed by atoms with Crippen LogP contribution in [0.5, 0.6) is 5.75 Å². The summed E-state index contributed by atoms with van der Waals surface area (Å²) >= 11 is 5.83. The van der Waals surface area contributed by atoms with Crippen LogP contribution in [0.4, 0.5) is 10.1 Å². The second-order valence-corrected chi connectivity index (χ2v) is 3.63. The Morgan fingerprint density at radius 2 is 2.25 bits per heavy atom. The molecule has 1 N–H and O–H groups in total. The molecule has 2 nitrogen and oxygen atoms in total. The van der Waals surface area contributed by atoms with Crippen LogP contribution in [0.2, 0.25) is 0 Å². The van der Waals surface area contributed by atoms with Gasteiger partial charge in [-0.2, -0.15) is 0 Å². The summed E-state index contributed by atoms with van der Waals surface area (Å²) in [5.41, 5.74) is 1.90. The summed E-state index contributed by atoms with van der Waals surface area (Å²) in [5.74, 6) is 1.22. The van der Waals surface area contributed by atoms with Gasteiger partial charge in [0.1, 0.15) is 5.75 Å². The van der Waals surface area contributed by atoms with Crippen LogP contribution in [-0.2, 0) is 5.88 Å². The van der Waals surface area contributed by atoms with E-state index in [2.05, 4.69) is 5.32 Å². The largest absolute Gasteiger partial charge is 0.494 e. The Kier molecular flexibility index (Phi) is 6.01. The molecule has 0 aliphatic heterocycles. The molecule has 16 heavy (non-hydrogen) atoms. The molecule has 0 saturated carbocycles. The van der Waals surface area contributed by atoms with E-state index in [1.165, 1.54) is 0 Å². The molecule has 1 aromatic carbocycles. The predicted octanol–water partition coefficient (Wildman–Crippen LogP) is 3.60. The van der Waals surface area contributed by atoms with Crippen LogP contribution in [0, 0.1) is 0 Å². The number of hydrogen-bond acceptors (Lipinski definition) is 2. The maximum Gasteiger partial charge on any atom is 0.123 e. The van der Waals surface area contributed by atoms with Crippen LogP contribution < -0.4 is 10.1 Å². The monoisotopic (exact) mass is 245 g/mol. The maximum atomic E-state index is 11.9. The Hall–Kier alpha value is -0.960. The first-order valence-corrected chi connectivity index (χ1v) is 5.96. The van der Waals surface area contributed by atoms with E-state index in [1.807, 2.05) is 25.1 Å². The first kappa shape index (κ1) is 13.1. The second kappa shape index (κ2) is 7.34. The quantitative estimate of drug-likeness (QED) is 0.586. The highest BCUT2D eigenvalue weighted by molar-refractivity contribution is 6.17. The zero-order valence-corrected chi connectivity index (χ0v) is 10.2. The molecule has 0 amide bonds. The van der Waals surface area contributed by atoms with E-state index in [0.29, 0.717) is 25.5 Å². The van der Waals surface area contributed by atoms with Crippen molar-refractivity contribution in [2.24, 2.45) is 0 Å². The third kappa shape index (κ3) is 3.89. The Morgan fingerprint density at radius 1 is 1.44 bits per heavy atom. The minimum absolute atomic E-state index is 0.299. The van der Waals surface area contributed by atoms with Gasteiger partial charge in [0.25, 0.3) is 0 Å². The molecule has 0 atom stereocenters. The van der Waals surface area contributed by atoms with Crippen molar-refractivity contribution in [2.45, 2.75) is 19.2 Å². The Bertz CT molecular complexity index is 320. The number of hydrogen-bond donors (Lipinski definition) is 1. The molecular formula is C12H17ClFNO.